The second-order valence-electron chi connectivity index (χ2n) is 8.61. The molecule has 6 heteroatoms. The number of hydrogen-bond acceptors (Lipinski definition) is 3. The predicted octanol–water partition coefficient (Wildman–Crippen LogP) is 4.78. The number of fused-ring (bicyclic) bond motifs is 1. The van der Waals surface area contributed by atoms with E-state index in [1.165, 1.54) is 0 Å². The van der Waals surface area contributed by atoms with Gasteiger partial charge in [-0.2, -0.15) is 5.26 Å². The fourth-order valence-corrected chi connectivity index (χ4v) is 3.45. The molecule has 0 unspecified atom stereocenters. The van der Waals surface area contributed by atoms with Crippen LogP contribution in [0.25, 0.3) is 22.2 Å². The molecule has 0 bridgehead atoms. The molecule has 0 spiro atoms. The van der Waals surface area contributed by atoms with Crippen LogP contribution in [0.3, 0.4) is 0 Å². The average molecular weight is 412 g/mol. The van der Waals surface area contributed by atoms with E-state index < -0.39 is 0 Å². The fraction of sp³-hybridized carbons (Fsp3) is 0.240. The van der Waals surface area contributed by atoms with E-state index in [1.807, 2.05) is 59.4 Å². The van der Waals surface area contributed by atoms with Crippen molar-refractivity contribution in [2.24, 2.45) is 0 Å². The predicted molar refractivity (Wildman–Crippen MR) is 121 cm³/mol. The molecule has 0 atom stereocenters. The van der Waals surface area contributed by atoms with Gasteiger partial charge in [-0.25, -0.2) is 4.98 Å². The van der Waals surface area contributed by atoms with Crippen molar-refractivity contribution in [2.75, 3.05) is 0 Å². The van der Waals surface area contributed by atoms with Gasteiger partial charge in [0.05, 0.1) is 35.6 Å². The SMILES string of the molecule is CC(C)(C)n1ccc(C(=O)NCc2nc3ccc(-c4ccc(CC#N)cc4)cc3[nH]2)c1. The molecule has 0 fully saturated rings. The third-order valence-electron chi connectivity index (χ3n) is 5.25. The van der Waals surface area contributed by atoms with Gasteiger partial charge in [0.25, 0.3) is 5.91 Å². The fourth-order valence-electron chi connectivity index (χ4n) is 3.45. The minimum Gasteiger partial charge on any atom is -0.348 e. The first-order valence-corrected chi connectivity index (χ1v) is 10.2. The Morgan fingerprint density at radius 1 is 1.13 bits per heavy atom. The number of benzene rings is 2. The highest BCUT2D eigenvalue weighted by atomic mass is 16.1. The van der Waals surface area contributed by atoms with E-state index in [1.54, 1.807) is 0 Å². The minimum absolute atomic E-state index is 0.0645. The zero-order chi connectivity index (χ0) is 22.0. The van der Waals surface area contributed by atoms with Gasteiger partial charge >= 0.3 is 0 Å². The number of H-pyrrole nitrogens is 1. The van der Waals surface area contributed by atoms with Gasteiger partial charge < -0.3 is 14.9 Å². The summed E-state index contributed by atoms with van der Waals surface area (Å²) in [4.78, 5) is 20.4. The number of rotatable bonds is 5. The van der Waals surface area contributed by atoms with Crippen LogP contribution in [0.1, 0.15) is 42.5 Å². The number of amides is 1. The molecular formula is C25H25N5O. The van der Waals surface area contributed by atoms with Gasteiger partial charge in [0.15, 0.2) is 0 Å². The van der Waals surface area contributed by atoms with Crippen molar-refractivity contribution in [1.82, 2.24) is 19.9 Å². The van der Waals surface area contributed by atoms with Crippen molar-refractivity contribution in [2.45, 2.75) is 39.3 Å². The van der Waals surface area contributed by atoms with Crippen LogP contribution in [0.2, 0.25) is 0 Å². The summed E-state index contributed by atoms with van der Waals surface area (Å²) in [6, 6.07) is 18.0. The van der Waals surface area contributed by atoms with Gasteiger partial charge in [-0.1, -0.05) is 30.3 Å². The Morgan fingerprint density at radius 3 is 2.55 bits per heavy atom. The molecule has 0 aliphatic rings. The van der Waals surface area contributed by atoms with Crippen LogP contribution < -0.4 is 5.32 Å². The summed E-state index contributed by atoms with van der Waals surface area (Å²) >= 11 is 0. The van der Waals surface area contributed by atoms with Crippen LogP contribution in [0.4, 0.5) is 0 Å². The Balaban J connectivity index is 1.46. The summed E-state index contributed by atoms with van der Waals surface area (Å²) in [5.41, 5.74) is 5.49. The summed E-state index contributed by atoms with van der Waals surface area (Å²) in [5.74, 6) is 0.585. The van der Waals surface area contributed by atoms with E-state index in [9.17, 15) is 4.79 Å². The first-order valence-electron chi connectivity index (χ1n) is 10.2. The summed E-state index contributed by atoms with van der Waals surface area (Å²) in [6.45, 7) is 6.61. The molecule has 0 aliphatic heterocycles. The molecule has 31 heavy (non-hydrogen) atoms. The molecular weight excluding hydrogens is 386 g/mol. The third kappa shape index (κ3) is 4.51. The van der Waals surface area contributed by atoms with Crippen molar-refractivity contribution in [3.05, 3.63) is 77.9 Å². The molecule has 2 N–H and O–H groups in total. The van der Waals surface area contributed by atoms with E-state index in [0.29, 0.717) is 24.4 Å². The summed E-state index contributed by atoms with van der Waals surface area (Å²) in [6.07, 6.45) is 4.20. The van der Waals surface area contributed by atoms with Crippen LogP contribution in [-0.2, 0) is 18.5 Å². The lowest BCUT2D eigenvalue weighted by molar-refractivity contribution is 0.0950. The molecule has 0 saturated heterocycles. The molecule has 0 saturated carbocycles. The maximum Gasteiger partial charge on any atom is 0.253 e. The maximum atomic E-state index is 12.5. The first kappa shape index (κ1) is 20.4. The number of nitriles is 1. The second kappa shape index (κ2) is 8.11. The molecule has 4 aromatic rings. The van der Waals surface area contributed by atoms with Gasteiger partial charge in [0.2, 0.25) is 0 Å². The van der Waals surface area contributed by atoms with E-state index in [4.69, 9.17) is 5.26 Å². The topological polar surface area (TPSA) is 86.5 Å². The molecule has 2 heterocycles. The second-order valence-corrected chi connectivity index (χ2v) is 8.61. The Bertz CT molecular complexity index is 1270. The molecule has 6 nitrogen and oxygen atoms in total. The van der Waals surface area contributed by atoms with E-state index in [-0.39, 0.29) is 11.4 Å². The normalized spacial score (nSPS) is 11.4. The molecule has 2 aromatic heterocycles. The lowest BCUT2D eigenvalue weighted by Crippen LogP contribution is -2.24. The number of aromatic nitrogens is 3. The minimum atomic E-state index is -0.124. The highest BCUT2D eigenvalue weighted by Gasteiger charge is 2.15. The lowest BCUT2D eigenvalue weighted by Gasteiger charge is -2.20. The van der Waals surface area contributed by atoms with Gasteiger partial charge in [-0.15, -0.1) is 0 Å². The van der Waals surface area contributed by atoms with Crippen molar-refractivity contribution in [3.63, 3.8) is 0 Å². The third-order valence-corrected chi connectivity index (χ3v) is 5.25. The number of nitrogens with zero attached hydrogens (tertiary/aromatic N) is 3. The highest BCUT2D eigenvalue weighted by Crippen LogP contribution is 2.24. The van der Waals surface area contributed by atoms with E-state index in [0.717, 1.165) is 27.7 Å². The zero-order valence-corrected chi connectivity index (χ0v) is 17.9. The Labute approximate surface area is 181 Å². The lowest BCUT2D eigenvalue weighted by atomic mass is 10.0. The van der Waals surface area contributed by atoms with Gasteiger partial charge in [0, 0.05) is 17.9 Å². The van der Waals surface area contributed by atoms with Crippen LogP contribution >= 0.6 is 0 Å². The number of hydrogen-bond donors (Lipinski definition) is 2. The zero-order valence-electron chi connectivity index (χ0n) is 17.9. The number of carbonyl (C=O) groups is 1. The van der Waals surface area contributed by atoms with Crippen LogP contribution in [0, 0.1) is 11.3 Å². The summed E-state index contributed by atoms with van der Waals surface area (Å²) in [5, 5.41) is 11.7. The van der Waals surface area contributed by atoms with Gasteiger partial charge in [-0.05, 0) is 55.7 Å². The highest BCUT2D eigenvalue weighted by molar-refractivity contribution is 5.94. The quantitative estimate of drug-likeness (QED) is 0.495. The van der Waals surface area contributed by atoms with Crippen molar-refractivity contribution in [1.29, 1.82) is 5.26 Å². The standard InChI is InChI=1S/C25H25N5O/c1-25(2,3)30-13-11-20(16-30)24(31)27-15-23-28-21-9-8-19(14-22(21)29-23)18-6-4-17(5-7-18)10-12-26/h4-9,11,13-14,16H,10,15H2,1-3H3,(H,27,31)(H,28,29). The first-order chi connectivity index (χ1) is 14.8. The summed E-state index contributed by atoms with van der Waals surface area (Å²) in [7, 11) is 0. The Hall–Kier alpha value is -3.85. The number of carbonyl (C=O) groups excluding carboxylic acids is 1. The van der Waals surface area contributed by atoms with Crippen molar-refractivity contribution in [3.8, 4) is 17.2 Å². The number of aromatic amines is 1. The number of nitrogens with one attached hydrogen (secondary N) is 2. The van der Waals surface area contributed by atoms with Crippen LogP contribution in [0.5, 0.6) is 0 Å². The Morgan fingerprint density at radius 2 is 1.87 bits per heavy atom. The number of imidazole rings is 1. The van der Waals surface area contributed by atoms with Gasteiger partial charge in [-0.3, -0.25) is 4.79 Å². The smallest absolute Gasteiger partial charge is 0.253 e. The average Bonchev–Trinajstić information content (AvgIpc) is 3.39. The maximum absolute atomic E-state index is 12.5. The molecule has 0 aliphatic carbocycles. The Kier molecular flexibility index (Phi) is 5.35. The van der Waals surface area contributed by atoms with Gasteiger partial charge in [0.1, 0.15) is 5.82 Å². The van der Waals surface area contributed by atoms with Crippen LogP contribution in [0.15, 0.2) is 60.9 Å². The van der Waals surface area contributed by atoms with E-state index >= 15 is 0 Å². The molecule has 1 amide bonds. The van der Waals surface area contributed by atoms with Crippen LogP contribution in [-0.4, -0.2) is 20.4 Å². The largest absolute Gasteiger partial charge is 0.348 e. The molecule has 4 rings (SSSR count). The molecule has 2 aromatic carbocycles. The molecule has 0 radical (unpaired) electrons. The van der Waals surface area contributed by atoms with E-state index in [2.05, 4.69) is 48.2 Å². The summed E-state index contributed by atoms with van der Waals surface area (Å²) < 4.78 is 2.03. The van der Waals surface area contributed by atoms with Crippen molar-refractivity contribution < 1.29 is 4.79 Å². The van der Waals surface area contributed by atoms with Crippen molar-refractivity contribution >= 4 is 16.9 Å². The monoisotopic (exact) mass is 411 g/mol. The molecule has 156 valence electrons.